The van der Waals surface area contributed by atoms with Crippen molar-refractivity contribution < 1.29 is 4.52 Å². The predicted octanol–water partition coefficient (Wildman–Crippen LogP) is 1.89. The smallest absolute Gasteiger partial charge is 0.191 e. The lowest BCUT2D eigenvalue weighted by atomic mass is 10.1. The van der Waals surface area contributed by atoms with Gasteiger partial charge in [-0.2, -0.15) is 5.10 Å². The van der Waals surface area contributed by atoms with E-state index in [1.807, 2.05) is 37.1 Å². The van der Waals surface area contributed by atoms with Gasteiger partial charge in [0.25, 0.3) is 0 Å². The lowest BCUT2D eigenvalue weighted by Crippen LogP contribution is -2.41. The van der Waals surface area contributed by atoms with Crippen molar-refractivity contribution >= 4 is 5.96 Å². The van der Waals surface area contributed by atoms with Crippen molar-refractivity contribution in [3.63, 3.8) is 0 Å². The molecule has 0 spiro atoms. The summed E-state index contributed by atoms with van der Waals surface area (Å²) >= 11 is 0. The highest BCUT2D eigenvalue weighted by molar-refractivity contribution is 5.79. The molecule has 2 aromatic heterocycles. The summed E-state index contributed by atoms with van der Waals surface area (Å²) in [5, 5.41) is 15.0. The van der Waals surface area contributed by atoms with Gasteiger partial charge in [-0.15, -0.1) is 0 Å². The number of likely N-dealkylation sites (N-methyl/N-ethyl adjacent to an activating group) is 1. The largest absolute Gasteiger partial charge is 0.359 e. The fourth-order valence-corrected chi connectivity index (χ4v) is 2.58. The van der Waals surface area contributed by atoms with Crippen LogP contribution in [-0.2, 0) is 13.6 Å². The first kappa shape index (κ1) is 20.0. The molecule has 0 aliphatic carbocycles. The first-order valence-corrected chi connectivity index (χ1v) is 9.03. The molecule has 0 bridgehead atoms. The van der Waals surface area contributed by atoms with E-state index >= 15 is 0 Å². The number of nitrogens with zero attached hydrogens (tertiary/aromatic N) is 5. The van der Waals surface area contributed by atoms with E-state index in [9.17, 15) is 0 Å². The number of hydrogen-bond acceptors (Lipinski definition) is 5. The summed E-state index contributed by atoms with van der Waals surface area (Å²) in [6, 6.07) is 2.17. The van der Waals surface area contributed by atoms with Crippen molar-refractivity contribution in [3.8, 4) is 0 Å². The molecular weight excluding hydrogens is 330 g/mol. The van der Waals surface area contributed by atoms with Gasteiger partial charge < -0.3 is 20.1 Å². The minimum atomic E-state index is 0.199. The topological polar surface area (TPSA) is 83.5 Å². The van der Waals surface area contributed by atoms with E-state index in [0.717, 1.165) is 36.1 Å². The molecule has 0 aromatic carbocycles. The van der Waals surface area contributed by atoms with Crippen molar-refractivity contribution in [2.75, 3.05) is 27.2 Å². The van der Waals surface area contributed by atoms with Crippen molar-refractivity contribution in [1.82, 2.24) is 30.5 Å². The molecule has 2 rings (SSSR count). The van der Waals surface area contributed by atoms with Crippen LogP contribution in [-0.4, -0.2) is 53.0 Å². The highest BCUT2D eigenvalue weighted by Crippen LogP contribution is 2.16. The van der Waals surface area contributed by atoms with E-state index in [2.05, 4.69) is 58.7 Å². The Morgan fingerprint density at radius 3 is 2.65 bits per heavy atom. The lowest BCUT2D eigenvalue weighted by Gasteiger charge is -2.24. The number of aliphatic imine (C=N–C) groups is 1. The van der Waals surface area contributed by atoms with Crippen LogP contribution in [0.15, 0.2) is 28.0 Å². The van der Waals surface area contributed by atoms with Crippen LogP contribution in [0.5, 0.6) is 0 Å². The van der Waals surface area contributed by atoms with E-state index in [-0.39, 0.29) is 6.04 Å². The maximum Gasteiger partial charge on any atom is 0.191 e. The maximum absolute atomic E-state index is 5.36. The van der Waals surface area contributed by atoms with Crippen LogP contribution in [0.4, 0.5) is 0 Å². The third kappa shape index (κ3) is 5.59. The average Bonchev–Trinajstić information content (AvgIpc) is 3.21. The highest BCUT2D eigenvalue weighted by Gasteiger charge is 2.16. The predicted molar refractivity (Wildman–Crippen MR) is 103 cm³/mol. The summed E-state index contributed by atoms with van der Waals surface area (Å²) < 4.78 is 7.18. The minimum absolute atomic E-state index is 0.199. The zero-order valence-corrected chi connectivity index (χ0v) is 16.7. The van der Waals surface area contributed by atoms with Crippen LogP contribution in [0.2, 0.25) is 0 Å². The number of rotatable bonds is 8. The van der Waals surface area contributed by atoms with Gasteiger partial charge in [-0.1, -0.05) is 19.0 Å². The molecule has 0 amide bonds. The van der Waals surface area contributed by atoms with Gasteiger partial charge in [0.05, 0.1) is 17.9 Å². The molecule has 8 nitrogen and oxygen atoms in total. The molecule has 0 aliphatic heterocycles. The van der Waals surface area contributed by atoms with Crippen LogP contribution in [0.25, 0.3) is 0 Å². The average molecular weight is 361 g/mol. The van der Waals surface area contributed by atoms with E-state index < -0.39 is 0 Å². The molecule has 0 fully saturated rings. The summed E-state index contributed by atoms with van der Waals surface area (Å²) in [5.74, 6) is 1.87. The monoisotopic (exact) mass is 361 g/mol. The Balaban J connectivity index is 2.01. The Kier molecular flexibility index (Phi) is 7.20. The molecule has 26 heavy (non-hydrogen) atoms. The van der Waals surface area contributed by atoms with Gasteiger partial charge >= 0.3 is 0 Å². The van der Waals surface area contributed by atoms with Gasteiger partial charge in [-0.3, -0.25) is 4.68 Å². The van der Waals surface area contributed by atoms with Crippen molar-refractivity contribution in [2.24, 2.45) is 12.0 Å². The van der Waals surface area contributed by atoms with Crippen LogP contribution in [0, 0.1) is 0 Å². The Hall–Kier alpha value is -2.35. The van der Waals surface area contributed by atoms with Crippen LogP contribution in [0.3, 0.4) is 0 Å². The number of aryl methyl sites for hydroxylation is 1. The molecule has 0 aliphatic rings. The summed E-state index contributed by atoms with van der Waals surface area (Å²) in [5.41, 5.74) is 2.12. The summed E-state index contributed by atoms with van der Waals surface area (Å²) in [4.78, 5) is 6.77. The van der Waals surface area contributed by atoms with Crippen LogP contribution < -0.4 is 10.6 Å². The Morgan fingerprint density at radius 1 is 1.35 bits per heavy atom. The fourth-order valence-electron chi connectivity index (χ4n) is 2.58. The first-order valence-electron chi connectivity index (χ1n) is 9.03. The maximum atomic E-state index is 5.36. The van der Waals surface area contributed by atoms with Gasteiger partial charge in [-0.25, -0.2) is 4.99 Å². The highest BCUT2D eigenvalue weighted by atomic mass is 16.5. The van der Waals surface area contributed by atoms with Gasteiger partial charge in [0, 0.05) is 38.0 Å². The number of hydrogen-bond donors (Lipinski definition) is 2. The fraction of sp³-hybridized carbons (Fsp3) is 0.611. The van der Waals surface area contributed by atoms with Gasteiger partial charge in [0.15, 0.2) is 11.7 Å². The minimum Gasteiger partial charge on any atom is -0.359 e. The zero-order chi connectivity index (χ0) is 19.1. The Labute approximate surface area is 155 Å². The molecule has 2 heterocycles. The second-order valence-corrected chi connectivity index (χ2v) is 6.88. The standard InChI is InChI=1S/C18H31N7O/c1-7-19-18(20-10-15-8-16(13(2)3)23-26-15)21-11-17(24(4)5)14-9-22-25(6)12-14/h8-9,12-13,17H,7,10-11H2,1-6H3,(H2,19,20,21). The normalized spacial score (nSPS) is 13.5. The molecule has 1 atom stereocenters. The molecule has 0 saturated heterocycles. The van der Waals surface area contributed by atoms with Gasteiger partial charge in [-0.05, 0) is 26.9 Å². The van der Waals surface area contributed by atoms with E-state index in [1.165, 1.54) is 0 Å². The third-order valence-electron chi connectivity index (χ3n) is 4.10. The molecule has 0 radical (unpaired) electrons. The first-order chi connectivity index (χ1) is 12.4. The quantitative estimate of drug-likeness (QED) is 0.552. The van der Waals surface area contributed by atoms with Crippen molar-refractivity contribution in [2.45, 2.75) is 39.3 Å². The molecule has 2 N–H and O–H groups in total. The number of aromatic nitrogens is 3. The molecule has 0 saturated carbocycles. The van der Waals surface area contributed by atoms with Crippen molar-refractivity contribution in [3.05, 3.63) is 35.5 Å². The Morgan fingerprint density at radius 2 is 2.12 bits per heavy atom. The molecular formula is C18H31N7O. The van der Waals surface area contributed by atoms with Crippen molar-refractivity contribution in [1.29, 1.82) is 0 Å². The van der Waals surface area contributed by atoms with Gasteiger partial charge in [0.2, 0.25) is 0 Å². The van der Waals surface area contributed by atoms with Crippen LogP contribution >= 0.6 is 0 Å². The van der Waals surface area contributed by atoms with E-state index in [4.69, 9.17) is 4.52 Å². The number of nitrogens with one attached hydrogen (secondary N) is 2. The zero-order valence-electron chi connectivity index (χ0n) is 16.7. The molecule has 1 unspecified atom stereocenters. The summed E-state index contributed by atoms with van der Waals surface area (Å²) in [6.45, 7) is 8.20. The SMILES string of the molecule is CCNC(=NCc1cc(C(C)C)no1)NCC(c1cnn(C)c1)N(C)C. The summed E-state index contributed by atoms with van der Waals surface area (Å²) in [7, 11) is 6.05. The number of guanidine groups is 1. The second kappa shape index (κ2) is 9.38. The molecule has 8 heteroatoms. The summed E-state index contributed by atoms with van der Waals surface area (Å²) in [6.07, 6.45) is 3.94. The third-order valence-corrected chi connectivity index (χ3v) is 4.10. The van der Waals surface area contributed by atoms with E-state index in [1.54, 1.807) is 0 Å². The van der Waals surface area contributed by atoms with Crippen LogP contribution in [0.1, 0.15) is 49.7 Å². The van der Waals surface area contributed by atoms with E-state index in [0.29, 0.717) is 12.5 Å². The second-order valence-electron chi connectivity index (χ2n) is 6.88. The Bertz CT molecular complexity index is 702. The molecule has 144 valence electrons. The molecule has 2 aromatic rings. The van der Waals surface area contributed by atoms with Gasteiger partial charge in [0.1, 0.15) is 6.54 Å². The lowest BCUT2D eigenvalue weighted by molar-refractivity contribution is 0.298.